The first-order valence-corrected chi connectivity index (χ1v) is 9.97. The predicted molar refractivity (Wildman–Crippen MR) is 114 cm³/mol. The van der Waals surface area contributed by atoms with Crippen LogP contribution in [0.2, 0.25) is 5.02 Å². The maximum absolute atomic E-state index is 12.1. The van der Waals surface area contributed by atoms with E-state index >= 15 is 0 Å². The SMILES string of the molecule is COc1ccccc1N1CC[NH+](CCNC(=O)Nc2cc(C)ccc2Cl)CC1. The molecule has 1 aliphatic rings. The summed E-state index contributed by atoms with van der Waals surface area (Å²) in [5.41, 5.74) is 2.84. The number of urea groups is 1. The monoisotopic (exact) mass is 403 g/mol. The summed E-state index contributed by atoms with van der Waals surface area (Å²) in [5, 5.41) is 6.28. The van der Waals surface area contributed by atoms with Gasteiger partial charge in [-0.05, 0) is 36.8 Å². The molecular weight excluding hydrogens is 376 g/mol. The third kappa shape index (κ3) is 5.30. The number of halogens is 1. The average Bonchev–Trinajstić information content (AvgIpc) is 2.71. The van der Waals surface area contributed by atoms with E-state index < -0.39 is 0 Å². The minimum Gasteiger partial charge on any atom is -0.495 e. The number of anilines is 2. The van der Waals surface area contributed by atoms with Gasteiger partial charge in [0.05, 0.1) is 62.8 Å². The Kier molecular flexibility index (Phi) is 7.01. The van der Waals surface area contributed by atoms with Gasteiger partial charge in [0.2, 0.25) is 0 Å². The van der Waals surface area contributed by atoms with E-state index in [0.717, 1.165) is 49.7 Å². The van der Waals surface area contributed by atoms with Crippen LogP contribution in [0, 0.1) is 6.92 Å². The predicted octanol–water partition coefficient (Wildman–Crippen LogP) is 2.18. The lowest BCUT2D eigenvalue weighted by Gasteiger charge is -2.34. The van der Waals surface area contributed by atoms with Gasteiger partial charge in [-0.15, -0.1) is 0 Å². The maximum Gasteiger partial charge on any atom is 0.319 e. The quantitative estimate of drug-likeness (QED) is 0.693. The van der Waals surface area contributed by atoms with Crippen LogP contribution in [0.25, 0.3) is 0 Å². The standard InChI is InChI=1S/C21H27ClN4O2/c1-16-7-8-17(22)18(15-16)24-21(27)23-9-10-25-11-13-26(14-12-25)19-5-3-4-6-20(19)28-2/h3-8,15H,9-14H2,1-2H3,(H2,23,24,27)/p+1. The molecule has 28 heavy (non-hydrogen) atoms. The molecule has 0 bridgehead atoms. The van der Waals surface area contributed by atoms with Crippen molar-refractivity contribution in [2.75, 3.05) is 56.6 Å². The molecule has 3 rings (SSSR count). The highest BCUT2D eigenvalue weighted by Gasteiger charge is 2.21. The summed E-state index contributed by atoms with van der Waals surface area (Å²) in [6, 6.07) is 13.5. The summed E-state index contributed by atoms with van der Waals surface area (Å²) in [4.78, 5) is 16.0. The average molecular weight is 404 g/mol. The number of rotatable bonds is 6. The van der Waals surface area contributed by atoms with E-state index in [9.17, 15) is 4.79 Å². The Hall–Kier alpha value is -2.44. The van der Waals surface area contributed by atoms with Crippen molar-refractivity contribution in [3.63, 3.8) is 0 Å². The van der Waals surface area contributed by atoms with Crippen molar-refractivity contribution < 1.29 is 14.4 Å². The van der Waals surface area contributed by atoms with Gasteiger partial charge < -0.3 is 25.2 Å². The number of nitrogens with one attached hydrogen (secondary N) is 3. The van der Waals surface area contributed by atoms with Gasteiger partial charge in [0, 0.05) is 0 Å². The molecule has 2 aromatic rings. The third-order valence-electron chi connectivity index (χ3n) is 5.03. The smallest absolute Gasteiger partial charge is 0.319 e. The number of quaternary nitrogens is 1. The largest absolute Gasteiger partial charge is 0.495 e. The van der Waals surface area contributed by atoms with Gasteiger partial charge in [-0.2, -0.15) is 0 Å². The first kappa shape index (κ1) is 20.3. The van der Waals surface area contributed by atoms with Crippen molar-refractivity contribution in [1.82, 2.24) is 5.32 Å². The summed E-state index contributed by atoms with van der Waals surface area (Å²) in [7, 11) is 1.71. The van der Waals surface area contributed by atoms with E-state index in [1.807, 2.05) is 37.3 Å². The van der Waals surface area contributed by atoms with Gasteiger partial charge in [-0.3, -0.25) is 0 Å². The van der Waals surface area contributed by atoms with E-state index in [1.165, 1.54) is 4.90 Å². The van der Waals surface area contributed by atoms with Crippen LogP contribution in [0.1, 0.15) is 5.56 Å². The van der Waals surface area contributed by atoms with Crippen molar-refractivity contribution in [1.29, 1.82) is 0 Å². The number of aryl methyl sites for hydroxylation is 1. The van der Waals surface area contributed by atoms with E-state index in [0.29, 0.717) is 17.3 Å². The van der Waals surface area contributed by atoms with Crippen LogP contribution in [0.15, 0.2) is 42.5 Å². The summed E-state index contributed by atoms with van der Waals surface area (Å²) in [5.74, 6) is 0.916. The van der Waals surface area contributed by atoms with E-state index in [2.05, 4.69) is 21.6 Å². The molecule has 1 fully saturated rings. The highest BCUT2D eigenvalue weighted by molar-refractivity contribution is 6.33. The highest BCUT2D eigenvalue weighted by Crippen LogP contribution is 2.27. The Morgan fingerprint density at radius 1 is 1.21 bits per heavy atom. The normalized spacial score (nSPS) is 14.6. The molecule has 0 atom stereocenters. The maximum atomic E-state index is 12.1. The van der Waals surface area contributed by atoms with Crippen molar-refractivity contribution in [3.8, 4) is 5.75 Å². The number of carbonyl (C=O) groups is 1. The fourth-order valence-corrected chi connectivity index (χ4v) is 3.62. The van der Waals surface area contributed by atoms with Crippen LogP contribution < -0.4 is 25.2 Å². The van der Waals surface area contributed by atoms with Gasteiger partial charge >= 0.3 is 6.03 Å². The number of hydrogen-bond acceptors (Lipinski definition) is 3. The molecule has 2 aromatic carbocycles. The highest BCUT2D eigenvalue weighted by atomic mass is 35.5. The Labute approximate surface area is 171 Å². The topological polar surface area (TPSA) is 58.0 Å². The Morgan fingerprint density at radius 3 is 2.71 bits per heavy atom. The fraction of sp³-hybridized carbons (Fsp3) is 0.381. The molecule has 0 unspecified atom stereocenters. The van der Waals surface area contributed by atoms with Gasteiger partial charge in [0.25, 0.3) is 0 Å². The van der Waals surface area contributed by atoms with Crippen LogP contribution in [0.4, 0.5) is 16.2 Å². The number of hydrogen-bond donors (Lipinski definition) is 3. The van der Waals surface area contributed by atoms with Gasteiger partial charge in [0.1, 0.15) is 5.75 Å². The van der Waals surface area contributed by atoms with Crippen LogP contribution in [-0.2, 0) is 0 Å². The number of benzene rings is 2. The summed E-state index contributed by atoms with van der Waals surface area (Å²) in [6.07, 6.45) is 0. The molecule has 0 saturated carbocycles. The number of carbonyl (C=O) groups excluding carboxylic acids is 1. The minimum atomic E-state index is -0.223. The van der Waals surface area contributed by atoms with Crippen LogP contribution in [-0.4, -0.2) is 52.4 Å². The molecule has 3 N–H and O–H groups in total. The number of ether oxygens (including phenoxy) is 1. The molecule has 1 saturated heterocycles. The van der Waals surface area contributed by atoms with Gasteiger partial charge in [-0.1, -0.05) is 29.8 Å². The second-order valence-corrected chi connectivity index (χ2v) is 7.43. The van der Waals surface area contributed by atoms with Crippen molar-refractivity contribution in [3.05, 3.63) is 53.1 Å². The molecule has 150 valence electrons. The molecular formula is C21H28ClN4O2+. The van der Waals surface area contributed by atoms with E-state index in [1.54, 1.807) is 13.2 Å². The number of methoxy groups -OCH3 is 1. The second-order valence-electron chi connectivity index (χ2n) is 7.02. The molecule has 6 nitrogen and oxygen atoms in total. The Balaban J connectivity index is 1.41. The van der Waals surface area contributed by atoms with Crippen molar-refractivity contribution >= 4 is 29.0 Å². The molecule has 1 aliphatic heterocycles. The molecule has 0 radical (unpaired) electrons. The summed E-state index contributed by atoms with van der Waals surface area (Å²) in [6.45, 7) is 7.50. The third-order valence-corrected chi connectivity index (χ3v) is 5.36. The number of para-hydroxylation sites is 2. The first-order chi connectivity index (χ1) is 13.6. The first-order valence-electron chi connectivity index (χ1n) is 9.59. The van der Waals surface area contributed by atoms with Crippen LogP contribution in [0.5, 0.6) is 5.75 Å². The Morgan fingerprint density at radius 2 is 1.96 bits per heavy atom. The lowest BCUT2D eigenvalue weighted by atomic mass is 10.2. The van der Waals surface area contributed by atoms with E-state index in [-0.39, 0.29) is 6.03 Å². The minimum absolute atomic E-state index is 0.223. The van der Waals surface area contributed by atoms with Crippen molar-refractivity contribution in [2.24, 2.45) is 0 Å². The molecule has 0 aliphatic carbocycles. The number of nitrogens with zero attached hydrogens (tertiary/aromatic N) is 1. The van der Waals surface area contributed by atoms with Gasteiger partial charge in [-0.25, -0.2) is 4.79 Å². The zero-order valence-corrected chi connectivity index (χ0v) is 17.2. The lowest BCUT2D eigenvalue weighted by Crippen LogP contribution is -3.15. The zero-order chi connectivity index (χ0) is 19.9. The molecule has 2 amide bonds. The Bertz CT molecular complexity index is 807. The molecule has 0 aromatic heterocycles. The summed E-state index contributed by atoms with van der Waals surface area (Å²) >= 11 is 6.12. The molecule has 1 heterocycles. The van der Waals surface area contributed by atoms with Crippen molar-refractivity contribution in [2.45, 2.75) is 6.92 Å². The number of piperazine rings is 1. The molecule has 7 heteroatoms. The molecule has 0 spiro atoms. The zero-order valence-electron chi connectivity index (χ0n) is 16.4. The van der Waals surface area contributed by atoms with E-state index in [4.69, 9.17) is 16.3 Å². The van der Waals surface area contributed by atoms with Crippen LogP contribution in [0.3, 0.4) is 0 Å². The van der Waals surface area contributed by atoms with Crippen LogP contribution >= 0.6 is 11.6 Å². The second kappa shape index (κ2) is 9.66. The lowest BCUT2D eigenvalue weighted by molar-refractivity contribution is -0.899. The fourth-order valence-electron chi connectivity index (χ4n) is 3.46. The number of amides is 2. The van der Waals surface area contributed by atoms with Gasteiger partial charge in [0.15, 0.2) is 0 Å². The summed E-state index contributed by atoms with van der Waals surface area (Å²) < 4.78 is 5.47.